The molecule has 0 radical (unpaired) electrons. The van der Waals surface area contributed by atoms with E-state index in [-0.39, 0.29) is 5.91 Å². The highest BCUT2D eigenvalue weighted by Gasteiger charge is 2.06. The van der Waals surface area contributed by atoms with Gasteiger partial charge in [0.15, 0.2) is 0 Å². The molecular formula is C21H18ClNO3. The van der Waals surface area contributed by atoms with Crippen LogP contribution in [-0.2, 0) is 0 Å². The van der Waals surface area contributed by atoms with Crippen molar-refractivity contribution in [3.05, 3.63) is 89.4 Å². The standard InChI is InChI=1S/C21H18ClNO3/c22-17-8-10-18(11-9-17)23-21(24)16-6-12-20(13-7-16)26-15-14-25-19-4-2-1-3-5-19/h1-13H,14-15H2,(H,23,24). The monoisotopic (exact) mass is 367 g/mol. The molecule has 1 amide bonds. The Labute approximate surface area is 157 Å². The Morgan fingerprint density at radius 2 is 1.35 bits per heavy atom. The Balaban J connectivity index is 1.46. The molecule has 0 fully saturated rings. The summed E-state index contributed by atoms with van der Waals surface area (Å²) in [5.74, 6) is 1.31. The summed E-state index contributed by atoms with van der Waals surface area (Å²) in [7, 11) is 0. The van der Waals surface area contributed by atoms with Crippen LogP contribution in [0.3, 0.4) is 0 Å². The molecule has 0 aliphatic heterocycles. The topological polar surface area (TPSA) is 47.6 Å². The summed E-state index contributed by atoms with van der Waals surface area (Å²) in [6, 6.07) is 23.5. The first kappa shape index (κ1) is 17.8. The van der Waals surface area contributed by atoms with Crippen molar-refractivity contribution in [2.75, 3.05) is 18.5 Å². The van der Waals surface area contributed by atoms with E-state index in [0.717, 1.165) is 5.75 Å². The number of carbonyl (C=O) groups is 1. The molecule has 0 atom stereocenters. The molecule has 4 nitrogen and oxygen atoms in total. The highest BCUT2D eigenvalue weighted by molar-refractivity contribution is 6.30. The number of anilines is 1. The predicted molar refractivity (Wildman–Crippen MR) is 103 cm³/mol. The van der Waals surface area contributed by atoms with E-state index in [4.69, 9.17) is 21.1 Å². The van der Waals surface area contributed by atoms with E-state index in [9.17, 15) is 4.79 Å². The predicted octanol–water partition coefficient (Wildman–Crippen LogP) is 5.05. The van der Waals surface area contributed by atoms with Gasteiger partial charge in [-0.2, -0.15) is 0 Å². The molecule has 3 rings (SSSR count). The van der Waals surface area contributed by atoms with Crippen molar-refractivity contribution < 1.29 is 14.3 Å². The zero-order valence-electron chi connectivity index (χ0n) is 14.0. The second kappa shape index (κ2) is 8.92. The summed E-state index contributed by atoms with van der Waals surface area (Å²) >= 11 is 5.83. The maximum absolute atomic E-state index is 12.2. The minimum absolute atomic E-state index is 0.189. The van der Waals surface area contributed by atoms with Crippen molar-refractivity contribution in [1.82, 2.24) is 0 Å². The lowest BCUT2D eigenvalue weighted by atomic mass is 10.2. The summed E-state index contributed by atoms with van der Waals surface area (Å²) in [5.41, 5.74) is 1.24. The van der Waals surface area contributed by atoms with Crippen molar-refractivity contribution in [2.45, 2.75) is 0 Å². The zero-order valence-corrected chi connectivity index (χ0v) is 14.8. The first-order valence-corrected chi connectivity index (χ1v) is 8.56. The first-order valence-electron chi connectivity index (χ1n) is 8.18. The van der Waals surface area contributed by atoms with Crippen molar-refractivity contribution in [3.8, 4) is 11.5 Å². The number of amides is 1. The van der Waals surface area contributed by atoms with Crippen LogP contribution in [0.5, 0.6) is 11.5 Å². The van der Waals surface area contributed by atoms with Crippen LogP contribution in [-0.4, -0.2) is 19.1 Å². The fourth-order valence-corrected chi connectivity index (χ4v) is 2.40. The van der Waals surface area contributed by atoms with Crippen molar-refractivity contribution >= 4 is 23.2 Å². The second-order valence-electron chi connectivity index (χ2n) is 5.50. The molecule has 3 aromatic carbocycles. The van der Waals surface area contributed by atoms with E-state index >= 15 is 0 Å². The number of nitrogens with one attached hydrogen (secondary N) is 1. The van der Waals surface area contributed by atoms with Gasteiger partial charge in [0, 0.05) is 16.3 Å². The molecule has 0 bridgehead atoms. The summed E-state index contributed by atoms with van der Waals surface area (Å²) < 4.78 is 11.2. The average Bonchev–Trinajstić information content (AvgIpc) is 2.68. The third-order valence-corrected chi connectivity index (χ3v) is 3.83. The highest BCUT2D eigenvalue weighted by Crippen LogP contribution is 2.16. The molecule has 0 aromatic heterocycles. The van der Waals surface area contributed by atoms with Crippen molar-refractivity contribution in [2.24, 2.45) is 0 Å². The molecule has 1 N–H and O–H groups in total. The number of benzene rings is 3. The summed E-state index contributed by atoms with van der Waals surface area (Å²) in [5, 5.41) is 3.44. The Morgan fingerprint density at radius 3 is 1.96 bits per heavy atom. The molecule has 0 heterocycles. The molecule has 0 saturated heterocycles. The molecule has 5 heteroatoms. The van der Waals surface area contributed by atoms with Gasteiger partial charge in [-0.05, 0) is 60.7 Å². The van der Waals surface area contributed by atoms with Gasteiger partial charge in [-0.25, -0.2) is 0 Å². The average molecular weight is 368 g/mol. The van der Waals surface area contributed by atoms with Gasteiger partial charge in [0.2, 0.25) is 0 Å². The lowest BCUT2D eigenvalue weighted by Crippen LogP contribution is -2.12. The van der Waals surface area contributed by atoms with E-state index in [1.807, 2.05) is 30.3 Å². The van der Waals surface area contributed by atoms with Gasteiger partial charge in [-0.15, -0.1) is 0 Å². The van der Waals surface area contributed by atoms with E-state index in [0.29, 0.717) is 35.2 Å². The van der Waals surface area contributed by atoms with Crippen LogP contribution in [0.4, 0.5) is 5.69 Å². The summed E-state index contributed by atoms with van der Waals surface area (Å²) in [6.07, 6.45) is 0. The molecule has 0 aliphatic carbocycles. The number of ether oxygens (including phenoxy) is 2. The minimum atomic E-state index is -0.189. The molecule has 0 saturated carbocycles. The fourth-order valence-electron chi connectivity index (χ4n) is 2.27. The van der Waals surface area contributed by atoms with Gasteiger partial charge in [0.1, 0.15) is 24.7 Å². The summed E-state index contributed by atoms with van der Waals surface area (Å²) in [4.78, 5) is 12.2. The number of hydrogen-bond donors (Lipinski definition) is 1. The molecule has 0 spiro atoms. The first-order chi connectivity index (χ1) is 12.7. The smallest absolute Gasteiger partial charge is 0.255 e. The van der Waals surface area contributed by atoms with Gasteiger partial charge in [-0.1, -0.05) is 29.8 Å². The van der Waals surface area contributed by atoms with E-state index in [1.54, 1.807) is 48.5 Å². The highest BCUT2D eigenvalue weighted by atomic mass is 35.5. The molecular weight excluding hydrogens is 350 g/mol. The van der Waals surface area contributed by atoms with Crippen LogP contribution in [0.2, 0.25) is 5.02 Å². The van der Waals surface area contributed by atoms with Gasteiger partial charge in [-0.3, -0.25) is 4.79 Å². The number of rotatable bonds is 7. The van der Waals surface area contributed by atoms with Crippen LogP contribution >= 0.6 is 11.6 Å². The Kier molecular flexibility index (Phi) is 6.12. The third-order valence-electron chi connectivity index (χ3n) is 3.58. The van der Waals surface area contributed by atoms with E-state index < -0.39 is 0 Å². The van der Waals surface area contributed by atoms with Crippen molar-refractivity contribution in [1.29, 1.82) is 0 Å². The Hall–Kier alpha value is -2.98. The minimum Gasteiger partial charge on any atom is -0.490 e. The zero-order chi connectivity index (χ0) is 18.2. The molecule has 0 aliphatic rings. The normalized spacial score (nSPS) is 10.2. The van der Waals surface area contributed by atoms with Crippen LogP contribution in [0.15, 0.2) is 78.9 Å². The number of hydrogen-bond acceptors (Lipinski definition) is 3. The van der Waals surface area contributed by atoms with E-state index in [2.05, 4.69) is 5.32 Å². The fraction of sp³-hybridized carbons (Fsp3) is 0.0952. The number of carbonyl (C=O) groups excluding carboxylic acids is 1. The van der Waals surface area contributed by atoms with Crippen LogP contribution < -0.4 is 14.8 Å². The van der Waals surface area contributed by atoms with Gasteiger partial charge in [0.05, 0.1) is 0 Å². The lowest BCUT2D eigenvalue weighted by Gasteiger charge is -2.09. The Morgan fingerprint density at radius 1 is 0.769 bits per heavy atom. The number of halogens is 1. The quantitative estimate of drug-likeness (QED) is 0.594. The Bertz CT molecular complexity index is 833. The van der Waals surface area contributed by atoms with Crippen molar-refractivity contribution in [3.63, 3.8) is 0 Å². The van der Waals surface area contributed by atoms with E-state index in [1.165, 1.54) is 0 Å². The van der Waals surface area contributed by atoms with Gasteiger partial charge in [0.25, 0.3) is 5.91 Å². The molecule has 26 heavy (non-hydrogen) atoms. The van der Waals surface area contributed by atoms with Gasteiger partial charge < -0.3 is 14.8 Å². The molecule has 0 unspecified atom stereocenters. The molecule has 3 aromatic rings. The maximum Gasteiger partial charge on any atom is 0.255 e. The largest absolute Gasteiger partial charge is 0.490 e. The number of para-hydroxylation sites is 1. The van der Waals surface area contributed by atoms with Gasteiger partial charge >= 0.3 is 0 Å². The third kappa shape index (κ3) is 5.26. The molecule has 132 valence electrons. The summed E-state index contributed by atoms with van der Waals surface area (Å²) in [6.45, 7) is 0.869. The maximum atomic E-state index is 12.2. The lowest BCUT2D eigenvalue weighted by molar-refractivity contribution is 0.102. The van der Waals surface area contributed by atoms with Crippen LogP contribution in [0.25, 0.3) is 0 Å². The van der Waals surface area contributed by atoms with Crippen LogP contribution in [0, 0.1) is 0 Å². The SMILES string of the molecule is O=C(Nc1ccc(Cl)cc1)c1ccc(OCCOc2ccccc2)cc1. The van der Waals surface area contributed by atoms with Crippen LogP contribution in [0.1, 0.15) is 10.4 Å². The second-order valence-corrected chi connectivity index (χ2v) is 5.93.